The first-order chi connectivity index (χ1) is 7.88. The van der Waals surface area contributed by atoms with E-state index in [4.69, 9.17) is 0 Å². The number of rotatable bonds is 2. The molecule has 0 spiro atoms. The lowest BCUT2D eigenvalue weighted by molar-refractivity contribution is 0.0951. The van der Waals surface area contributed by atoms with Crippen molar-refractivity contribution in [1.29, 1.82) is 0 Å². The van der Waals surface area contributed by atoms with Gasteiger partial charge in [0.25, 0.3) is 5.91 Å². The molecule has 0 bridgehead atoms. The van der Waals surface area contributed by atoms with Gasteiger partial charge in [-0.05, 0) is 42.0 Å². The van der Waals surface area contributed by atoms with E-state index in [0.717, 1.165) is 12.8 Å². The maximum Gasteiger partial charge on any atom is 0.251 e. The van der Waals surface area contributed by atoms with E-state index >= 15 is 0 Å². The predicted molar refractivity (Wildman–Crippen MR) is 65.6 cm³/mol. The molecule has 1 saturated carbocycles. The molecular weight excluding hydrogens is 217 g/mol. The molecule has 92 valence electrons. The van der Waals surface area contributed by atoms with Gasteiger partial charge in [0.1, 0.15) is 5.82 Å². The first kappa shape index (κ1) is 12.1. The van der Waals surface area contributed by atoms with Crippen LogP contribution in [0.15, 0.2) is 18.2 Å². The number of carbonyl (C=O) groups excluding carboxylic acids is 1. The maximum absolute atomic E-state index is 13.7. The summed E-state index contributed by atoms with van der Waals surface area (Å²) in [4.78, 5) is 11.9. The van der Waals surface area contributed by atoms with Crippen LogP contribution in [0.5, 0.6) is 0 Å². The van der Waals surface area contributed by atoms with Crippen LogP contribution in [-0.4, -0.2) is 11.9 Å². The zero-order chi connectivity index (χ0) is 12.6. The van der Waals surface area contributed by atoms with E-state index in [1.54, 1.807) is 12.1 Å². The molecule has 0 saturated heterocycles. The Kier molecular flexibility index (Phi) is 2.94. The quantitative estimate of drug-likeness (QED) is 0.838. The molecule has 1 N–H and O–H groups in total. The lowest BCUT2D eigenvalue weighted by Crippen LogP contribution is -2.26. The Morgan fingerprint density at radius 1 is 1.35 bits per heavy atom. The molecule has 17 heavy (non-hydrogen) atoms. The molecule has 0 aromatic heterocycles. The van der Waals surface area contributed by atoms with E-state index in [1.807, 2.05) is 20.8 Å². The van der Waals surface area contributed by atoms with Gasteiger partial charge < -0.3 is 5.32 Å². The van der Waals surface area contributed by atoms with Gasteiger partial charge in [-0.3, -0.25) is 4.79 Å². The third-order valence-electron chi connectivity index (χ3n) is 2.95. The van der Waals surface area contributed by atoms with E-state index < -0.39 is 0 Å². The molecule has 1 aliphatic carbocycles. The van der Waals surface area contributed by atoms with Gasteiger partial charge in [-0.1, -0.05) is 20.8 Å². The number of amides is 1. The van der Waals surface area contributed by atoms with Gasteiger partial charge in [-0.2, -0.15) is 0 Å². The standard InChI is InChI=1S/C14H18FNO/c1-14(2,3)11-8-9(4-7-12(11)15)13(17)16-10-5-6-10/h4,7-8,10H,5-6H2,1-3H3,(H,16,17). The molecule has 2 nitrogen and oxygen atoms in total. The number of hydrogen-bond donors (Lipinski definition) is 1. The fraction of sp³-hybridized carbons (Fsp3) is 0.500. The second-order valence-corrected chi connectivity index (χ2v) is 5.69. The summed E-state index contributed by atoms with van der Waals surface area (Å²) in [5.74, 6) is -0.349. The molecule has 0 aliphatic heterocycles. The average molecular weight is 235 g/mol. The molecule has 1 amide bonds. The number of benzene rings is 1. The number of carbonyl (C=O) groups is 1. The van der Waals surface area contributed by atoms with Crippen LogP contribution in [0.3, 0.4) is 0 Å². The monoisotopic (exact) mass is 235 g/mol. The summed E-state index contributed by atoms with van der Waals surface area (Å²) in [5, 5.41) is 2.91. The van der Waals surface area contributed by atoms with Gasteiger partial charge in [0.05, 0.1) is 0 Å². The van der Waals surface area contributed by atoms with Crippen molar-refractivity contribution in [1.82, 2.24) is 5.32 Å². The van der Waals surface area contributed by atoms with Gasteiger partial charge >= 0.3 is 0 Å². The number of hydrogen-bond acceptors (Lipinski definition) is 1. The summed E-state index contributed by atoms with van der Waals surface area (Å²) < 4.78 is 13.7. The third kappa shape index (κ3) is 2.84. The van der Waals surface area contributed by atoms with Gasteiger partial charge in [-0.15, -0.1) is 0 Å². The Labute approximate surface area is 101 Å². The highest BCUT2D eigenvalue weighted by Crippen LogP contribution is 2.26. The molecule has 0 heterocycles. The first-order valence-electron chi connectivity index (χ1n) is 5.99. The van der Waals surface area contributed by atoms with Crippen LogP contribution in [0.1, 0.15) is 49.5 Å². The lowest BCUT2D eigenvalue weighted by Gasteiger charge is -2.20. The van der Waals surface area contributed by atoms with Crippen molar-refractivity contribution in [2.24, 2.45) is 0 Å². The normalized spacial score (nSPS) is 15.8. The molecule has 1 fully saturated rings. The number of nitrogens with one attached hydrogen (secondary N) is 1. The van der Waals surface area contributed by atoms with Crippen LogP contribution >= 0.6 is 0 Å². The van der Waals surface area contributed by atoms with Gasteiger partial charge in [0.15, 0.2) is 0 Å². The minimum atomic E-state index is -0.292. The summed E-state index contributed by atoms with van der Waals surface area (Å²) in [6.07, 6.45) is 2.11. The molecule has 1 aromatic carbocycles. The highest BCUT2D eigenvalue weighted by atomic mass is 19.1. The van der Waals surface area contributed by atoms with Crippen LogP contribution in [0.4, 0.5) is 4.39 Å². The largest absolute Gasteiger partial charge is 0.349 e. The van der Waals surface area contributed by atoms with Crippen molar-refractivity contribution >= 4 is 5.91 Å². The lowest BCUT2D eigenvalue weighted by atomic mass is 9.85. The molecular formula is C14H18FNO. The summed E-state index contributed by atoms with van der Waals surface area (Å²) in [7, 11) is 0. The van der Waals surface area contributed by atoms with E-state index in [2.05, 4.69) is 5.32 Å². The van der Waals surface area contributed by atoms with E-state index in [-0.39, 0.29) is 17.1 Å². The van der Waals surface area contributed by atoms with Crippen molar-refractivity contribution in [3.05, 3.63) is 35.1 Å². The highest BCUT2D eigenvalue weighted by molar-refractivity contribution is 5.94. The summed E-state index contributed by atoms with van der Waals surface area (Å²) in [6, 6.07) is 4.91. The van der Waals surface area contributed by atoms with Gasteiger partial charge in [-0.25, -0.2) is 4.39 Å². The fourth-order valence-electron chi connectivity index (χ4n) is 1.74. The Morgan fingerprint density at radius 3 is 2.53 bits per heavy atom. The average Bonchev–Trinajstić information content (AvgIpc) is 3.00. The van der Waals surface area contributed by atoms with Gasteiger partial charge in [0, 0.05) is 11.6 Å². The van der Waals surface area contributed by atoms with Crippen molar-refractivity contribution < 1.29 is 9.18 Å². The second-order valence-electron chi connectivity index (χ2n) is 5.69. The van der Waals surface area contributed by atoms with Crippen molar-refractivity contribution in [3.8, 4) is 0 Å². The van der Waals surface area contributed by atoms with Crippen molar-refractivity contribution in [2.75, 3.05) is 0 Å². The minimum absolute atomic E-state index is 0.0991. The summed E-state index contributed by atoms with van der Waals surface area (Å²) in [5.41, 5.74) is 0.837. The van der Waals surface area contributed by atoms with Crippen LogP contribution in [0.25, 0.3) is 0 Å². The van der Waals surface area contributed by atoms with E-state index in [0.29, 0.717) is 17.2 Å². The summed E-state index contributed by atoms with van der Waals surface area (Å²) in [6.45, 7) is 5.82. The molecule has 3 heteroatoms. The van der Waals surface area contributed by atoms with E-state index in [9.17, 15) is 9.18 Å². The van der Waals surface area contributed by atoms with Crippen LogP contribution in [0.2, 0.25) is 0 Å². The first-order valence-corrected chi connectivity index (χ1v) is 5.99. The van der Waals surface area contributed by atoms with Gasteiger partial charge in [0.2, 0.25) is 0 Å². The highest BCUT2D eigenvalue weighted by Gasteiger charge is 2.25. The maximum atomic E-state index is 13.7. The second kappa shape index (κ2) is 4.13. The molecule has 0 atom stereocenters. The molecule has 1 aromatic rings. The zero-order valence-corrected chi connectivity index (χ0v) is 10.5. The van der Waals surface area contributed by atoms with Crippen molar-refractivity contribution in [3.63, 3.8) is 0 Å². The topological polar surface area (TPSA) is 29.1 Å². The van der Waals surface area contributed by atoms with Crippen LogP contribution in [0, 0.1) is 5.82 Å². The Bertz CT molecular complexity index is 444. The predicted octanol–water partition coefficient (Wildman–Crippen LogP) is 3.02. The smallest absolute Gasteiger partial charge is 0.251 e. The molecule has 1 aliphatic rings. The molecule has 0 unspecified atom stereocenters. The SMILES string of the molecule is CC(C)(C)c1cc(C(=O)NC2CC2)ccc1F. The number of halogens is 1. The molecule has 0 radical (unpaired) electrons. The van der Waals surface area contributed by atoms with Crippen LogP contribution in [-0.2, 0) is 5.41 Å². The Morgan fingerprint density at radius 2 is 2.00 bits per heavy atom. The van der Waals surface area contributed by atoms with Crippen LogP contribution < -0.4 is 5.32 Å². The Hall–Kier alpha value is -1.38. The summed E-state index contributed by atoms with van der Waals surface area (Å²) >= 11 is 0. The third-order valence-corrected chi connectivity index (χ3v) is 2.95. The fourth-order valence-corrected chi connectivity index (χ4v) is 1.74. The minimum Gasteiger partial charge on any atom is -0.349 e. The van der Waals surface area contributed by atoms with Crippen molar-refractivity contribution in [2.45, 2.75) is 45.1 Å². The molecule has 2 rings (SSSR count). The zero-order valence-electron chi connectivity index (χ0n) is 10.5. The Balaban J connectivity index is 2.26. The van der Waals surface area contributed by atoms with E-state index in [1.165, 1.54) is 6.07 Å².